The van der Waals surface area contributed by atoms with Crippen LogP contribution in [0.25, 0.3) is 11.6 Å². The fraction of sp³-hybridized carbons (Fsp3) is 0.111. The molecule has 0 amide bonds. The Morgan fingerprint density at radius 3 is 2.74 bits per heavy atom. The number of hydrogen-bond donors (Lipinski definition) is 3. The molecular formula is C18H16N4O. The number of H-pyrrole nitrogens is 3. The molecule has 0 atom stereocenters. The second-order valence-electron chi connectivity index (χ2n) is 5.75. The molecule has 0 fully saturated rings. The molecule has 1 aliphatic heterocycles. The minimum Gasteiger partial charge on any atom is -0.359 e. The monoisotopic (exact) mass is 304 g/mol. The molecule has 0 saturated heterocycles. The van der Waals surface area contributed by atoms with Gasteiger partial charge in [0.05, 0.1) is 16.3 Å². The van der Waals surface area contributed by atoms with E-state index in [1.807, 2.05) is 44.2 Å². The van der Waals surface area contributed by atoms with Crippen molar-refractivity contribution in [3.05, 3.63) is 73.8 Å². The van der Waals surface area contributed by atoms with Gasteiger partial charge in [0, 0.05) is 28.7 Å². The fourth-order valence-electron chi connectivity index (χ4n) is 2.98. The van der Waals surface area contributed by atoms with Crippen molar-refractivity contribution in [1.29, 1.82) is 0 Å². The van der Waals surface area contributed by atoms with E-state index in [9.17, 15) is 4.79 Å². The van der Waals surface area contributed by atoms with Gasteiger partial charge in [-0.1, -0.05) is 18.2 Å². The van der Waals surface area contributed by atoms with Gasteiger partial charge in [0.15, 0.2) is 0 Å². The second-order valence-corrected chi connectivity index (χ2v) is 5.75. The first-order valence-corrected chi connectivity index (χ1v) is 7.46. The quantitative estimate of drug-likeness (QED) is 0.624. The standard InChI is InChI=1S/C18H16N4O/c1-10-7-11(2)20-16(10)8-13-17(21-22-18(13)23)14-9-19-15-6-4-3-5-12(14)15/h3-9,20-21H,1-2H3,(H,22,23)/b13-8+,17-14+. The Balaban J connectivity index is 2.05. The van der Waals surface area contributed by atoms with E-state index in [1.54, 1.807) is 6.21 Å². The van der Waals surface area contributed by atoms with Crippen LogP contribution in [0, 0.1) is 13.8 Å². The Morgan fingerprint density at radius 1 is 1.13 bits per heavy atom. The Bertz CT molecular complexity index is 1110. The zero-order valence-electron chi connectivity index (χ0n) is 12.9. The number of nitrogens with one attached hydrogen (secondary N) is 3. The molecule has 1 aromatic carbocycles. The average molecular weight is 304 g/mol. The van der Waals surface area contributed by atoms with Gasteiger partial charge in [0.25, 0.3) is 5.56 Å². The van der Waals surface area contributed by atoms with Crippen LogP contribution in [0.5, 0.6) is 0 Å². The summed E-state index contributed by atoms with van der Waals surface area (Å²) in [7, 11) is 0. The van der Waals surface area contributed by atoms with Gasteiger partial charge in [0.1, 0.15) is 0 Å². The molecule has 0 aliphatic carbocycles. The van der Waals surface area contributed by atoms with Gasteiger partial charge >= 0.3 is 0 Å². The molecule has 0 saturated carbocycles. The van der Waals surface area contributed by atoms with Crippen LogP contribution in [0.4, 0.5) is 5.69 Å². The Hall–Kier alpha value is -3.08. The molecule has 0 radical (unpaired) electrons. The third-order valence-corrected chi connectivity index (χ3v) is 4.09. The second kappa shape index (κ2) is 4.98. The van der Waals surface area contributed by atoms with Crippen LogP contribution in [0.2, 0.25) is 0 Å². The van der Waals surface area contributed by atoms with Crippen molar-refractivity contribution < 1.29 is 0 Å². The van der Waals surface area contributed by atoms with Crippen molar-refractivity contribution in [2.75, 3.05) is 0 Å². The number of nitrogens with zero attached hydrogens (tertiary/aromatic N) is 1. The maximum Gasteiger partial charge on any atom is 0.271 e. The summed E-state index contributed by atoms with van der Waals surface area (Å²) < 4.78 is 0. The highest BCUT2D eigenvalue weighted by atomic mass is 16.1. The van der Waals surface area contributed by atoms with Gasteiger partial charge in [-0.15, -0.1) is 0 Å². The summed E-state index contributed by atoms with van der Waals surface area (Å²) in [6.45, 7) is 4.02. The van der Waals surface area contributed by atoms with Gasteiger partial charge in [0.2, 0.25) is 0 Å². The maximum absolute atomic E-state index is 12.2. The summed E-state index contributed by atoms with van der Waals surface area (Å²) in [5.74, 6) is 0. The highest BCUT2D eigenvalue weighted by Crippen LogP contribution is 2.28. The molecule has 5 nitrogen and oxygen atoms in total. The summed E-state index contributed by atoms with van der Waals surface area (Å²) >= 11 is 0. The van der Waals surface area contributed by atoms with E-state index >= 15 is 0 Å². The molecule has 114 valence electrons. The van der Waals surface area contributed by atoms with Crippen LogP contribution < -0.4 is 16.1 Å². The van der Waals surface area contributed by atoms with E-state index in [1.165, 1.54) is 0 Å². The van der Waals surface area contributed by atoms with E-state index in [0.29, 0.717) is 5.22 Å². The molecule has 3 aromatic rings. The van der Waals surface area contributed by atoms with Crippen LogP contribution in [-0.4, -0.2) is 21.4 Å². The van der Waals surface area contributed by atoms with Gasteiger partial charge < -0.3 is 4.98 Å². The van der Waals surface area contributed by atoms with Crippen molar-refractivity contribution in [2.24, 2.45) is 4.99 Å². The zero-order chi connectivity index (χ0) is 16.0. The molecular weight excluding hydrogens is 288 g/mol. The third kappa shape index (κ3) is 2.17. The number of aryl methyl sites for hydroxylation is 2. The number of para-hydroxylation sites is 1. The molecule has 23 heavy (non-hydrogen) atoms. The van der Waals surface area contributed by atoms with Crippen molar-refractivity contribution in [2.45, 2.75) is 13.8 Å². The maximum atomic E-state index is 12.2. The topological polar surface area (TPSA) is 76.8 Å². The molecule has 0 unspecified atom stereocenters. The lowest BCUT2D eigenvalue weighted by atomic mass is 10.1. The highest BCUT2D eigenvalue weighted by Gasteiger charge is 2.14. The lowest BCUT2D eigenvalue weighted by molar-refractivity contribution is 1.03. The number of aromatic nitrogens is 3. The molecule has 1 aliphatic rings. The first-order chi connectivity index (χ1) is 11.1. The molecule has 5 heteroatoms. The van der Waals surface area contributed by atoms with Gasteiger partial charge in [-0.3, -0.25) is 20.0 Å². The predicted molar refractivity (Wildman–Crippen MR) is 91.6 cm³/mol. The van der Waals surface area contributed by atoms with Gasteiger partial charge in [-0.05, 0) is 37.6 Å². The number of benzene rings is 1. The summed E-state index contributed by atoms with van der Waals surface area (Å²) in [5.41, 5.74) is 5.85. The van der Waals surface area contributed by atoms with E-state index in [2.05, 4.69) is 26.2 Å². The fourth-order valence-corrected chi connectivity index (χ4v) is 2.98. The molecule has 0 bridgehead atoms. The number of aromatic amines is 3. The van der Waals surface area contributed by atoms with Gasteiger partial charge in [-0.25, -0.2) is 0 Å². The van der Waals surface area contributed by atoms with Crippen LogP contribution in [0.3, 0.4) is 0 Å². The van der Waals surface area contributed by atoms with E-state index in [0.717, 1.165) is 39.1 Å². The number of rotatable bonds is 1. The van der Waals surface area contributed by atoms with E-state index in [4.69, 9.17) is 0 Å². The Kier molecular flexibility index (Phi) is 2.94. The lowest BCUT2D eigenvalue weighted by Crippen LogP contribution is -2.35. The molecule has 3 heterocycles. The summed E-state index contributed by atoms with van der Waals surface area (Å²) in [6.07, 6.45) is 3.68. The molecule has 4 rings (SSSR count). The summed E-state index contributed by atoms with van der Waals surface area (Å²) in [6, 6.07) is 9.96. The first kappa shape index (κ1) is 13.6. The smallest absolute Gasteiger partial charge is 0.271 e. The highest BCUT2D eigenvalue weighted by molar-refractivity contribution is 6.15. The van der Waals surface area contributed by atoms with Crippen molar-refractivity contribution in [3.8, 4) is 0 Å². The Labute approximate surface area is 132 Å². The first-order valence-electron chi connectivity index (χ1n) is 7.46. The van der Waals surface area contributed by atoms with Crippen LogP contribution in [-0.2, 0) is 0 Å². The van der Waals surface area contributed by atoms with E-state index < -0.39 is 0 Å². The number of aliphatic imine (C=N–C) groups is 1. The number of fused-ring (bicyclic) bond motifs is 1. The SMILES string of the molecule is Cc1cc(C)c(/C=c2/c(=O)[nH][nH]/c2=C2\C=Nc3ccccc32)[nH]1. The number of hydrogen-bond acceptors (Lipinski definition) is 2. The van der Waals surface area contributed by atoms with Crippen molar-refractivity contribution in [3.63, 3.8) is 0 Å². The average Bonchev–Trinajstić information content (AvgIpc) is 3.19. The zero-order valence-corrected chi connectivity index (χ0v) is 12.9. The van der Waals surface area contributed by atoms with E-state index in [-0.39, 0.29) is 5.56 Å². The minimum absolute atomic E-state index is 0.142. The van der Waals surface area contributed by atoms with Crippen LogP contribution in [0.1, 0.15) is 22.5 Å². The molecule has 0 spiro atoms. The van der Waals surface area contributed by atoms with Gasteiger partial charge in [-0.2, -0.15) is 0 Å². The predicted octanol–water partition coefficient (Wildman–Crippen LogP) is 1.39. The van der Waals surface area contributed by atoms with Crippen LogP contribution in [0.15, 0.2) is 40.1 Å². The largest absolute Gasteiger partial charge is 0.359 e. The minimum atomic E-state index is -0.142. The van der Waals surface area contributed by atoms with Crippen molar-refractivity contribution in [1.82, 2.24) is 15.2 Å². The Morgan fingerprint density at radius 2 is 1.96 bits per heavy atom. The van der Waals surface area contributed by atoms with Crippen molar-refractivity contribution >= 4 is 23.6 Å². The molecule has 2 aromatic heterocycles. The third-order valence-electron chi connectivity index (χ3n) is 4.09. The summed E-state index contributed by atoms with van der Waals surface area (Å²) in [4.78, 5) is 19.9. The normalized spacial score (nSPS) is 16.2. The molecule has 3 N–H and O–H groups in total. The lowest BCUT2D eigenvalue weighted by Gasteiger charge is -1.97. The summed E-state index contributed by atoms with van der Waals surface area (Å²) in [5, 5.41) is 7.04. The van der Waals surface area contributed by atoms with Crippen LogP contribution >= 0.6 is 0 Å².